The zero-order valence-electron chi connectivity index (χ0n) is 16.4. The number of methoxy groups -OCH3 is 1. The van der Waals surface area contributed by atoms with Crippen molar-refractivity contribution in [2.24, 2.45) is 4.99 Å². The molecule has 7 nitrogen and oxygen atoms in total. The number of ether oxygens (including phenoxy) is 1. The normalized spacial score (nSPS) is 18.8. The molecule has 0 saturated carbocycles. The minimum atomic E-state index is -3.05. The number of halogens is 1. The maximum absolute atomic E-state index is 12.1. The lowest BCUT2D eigenvalue weighted by atomic mass is 10.1. The number of guanidine groups is 1. The summed E-state index contributed by atoms with van der Waals surface area (Å²) in [5.74, 6) is 0.799. The van der Waals surface area contributed by atoms with Crippen molar-refractivity contribution in [2.75, 3.05) is 39.0 Å². The van der Waals surface area contributed by atoms with Crippen LogP contribution in [0.25, 0.3) is 0 Å². The molecule has 0 aromatic heterocycles. The molecule has 0 atom stereocenters. The molecule has 1 saturated heterocycles. The highest BCUT2D eigenvalue weighted by atomic mass is 127. The smallest absolute Gasteiger partial charge is 0.305 e. The largest absolute Gasteiger partial charge is 0.469 e. The van der Waals surface area contributed by atoms with Crippen LogP contribution in [0.1, 0.15) is 52.9 Å². The number of aliphatic imine (C=N–C) groups is 1. The number of unbranched alkanes of at least 4 members (excludes halogenated alkanes) is 3. The van der Waals surface area contributed by atoms with E-state index in [0.29, 0.717) is 26.1 Å². The second kappa shape index (κ2) is 12.0. The van der Waals surface area contributed by atoms with Gasteiger partial charge in [-0.1, -0.05) is 12.8 Å². The first-order valence-electron chi connectivity index (χ1n) is 9.06. The summed E-state index contributed by atoms with van der Waals surface area (Å²) in [7, 11) is -1.64. The van der Waals surface area contributed by atoms with Crippen molar-refractivity contribution < 1.29 is 17.9 Å². The van der Waals surface area contributed by atoms with E-state index >= 15 is 0 Å². The first-order valence-corrected chi connectivity index (χ1v) is 10.7. The van der Waals surface area contributed by atoms with Crippen molar-refractivity contribution in [3.05, 3.63) is 0 Å². The monoisotopic (exact) mass is 503 g/mol. The summed E-state index contributed by atoms with van der Waals surface area (Å²) >= 11 is 0. The van der Waals surface area contributed by atoms with Gasteiger partial charge in [0.15, 0.2) is 15.8 Å². The van der Waals surface area contributed by atoms with Crippen LogP contribution in [0.4, 0.5) is 0 Å². The summed E-state index contributed by atoms with van der Waals surface area (Å²) in [4.78, 5) is 17.7. The van der Waals surface area contributed by atoms with E-state index in [1.165, 1.54) is 7.11 Å². The van der Waals surface area contributed by atoms with Crippen molar-refractivity contribution in [1.82, 2.24) is 10.2 Å². The van der Waals surface area contributed by atoms with E-state index in [1.54, 1.807) is 13.8 Å². The molecular weight excluding hydrogens is 469 g/mol. The van der Waals surface area contributed by atoms with E-state index in [2.05, 4.69) is 15.0 Å². The Morgan fingerprint density at radius 2 is 1.88 bits per heavy atom. The quantitative estimate of drug-likeness (QED) is 0.180. The van der Waals surface area contributed by atoms with E-state index in [4.69, 9.17) is 0 Å². The number of hydrogen-bond donors (Lipinski definition) is 1. The Morgan fingerprint density at radius 3 is 2.46 bits per heavy atom. The molecule has 1 N–H and O–H groups in total. The summed E-state index contributed by atoms with van der Waals surface area (Å²) in [5, 5.41) is 3.26. The molecular formula is C17H34IN3O4S. The molecule has 1 aliphatic rings. The number of carbonyl (C=O) groups is 1. The van der Waals surface area contributed by atoms with Crippen molar-refractivity contribution in [2.45, 2.75) is 57.6 Å². The molecule has 0 unspecified atom stereocenters. The molecule has 1 aliphatic heterocycles. The summed E-state index contributed by atoms with van der Waals surface area (Å²) in [6.07, 6.45) is 4.26. The third kappa shape index (κ3) is 7.98. The molecule has 1 fully saturated rings. The molecule has 154 valence electrons. The van der Waals surface area contributed by atoms with Gasteiger partial charge in [-0.15, -0.1) is 24.0 Å². The van der Waals surface area contributed by atoms with Gasteiger partial charge >= 0.3 is 5.97 Å². The Hall–Kier alpha value is -0.580. The fraction of sp³-hybridized carbons (Fsp3) is 0.882. The SMILES string of the molecule is CCNC(=NCCCCCCC(=O)OC)N1CCS(=O)(=O)C(C)(C)C1.I. The highest BCUT2D eigenvalue weighted by Crippen LogP contribution is 2.23. The molecule has 9 heteroatoms. The Morgan fingerprint density at radius 1 is 1.23 bits per heavy atom. The van der Waals surface area contributed by atoms with Crippen molar-refractivity contribution in [3.63, 3.8) is 0 Å². The Labute approximate surface area is 175 Å². The molecule has 0 amide bonds. The highest BCUT2D eigenvalue weighted by molar-refractivity contribution is 14.0. The highest BCUT2D eigenvalue weighted by Gasteiger charge is 2.40. The molecule has 0 bridgehead atoms. The van der Waals surface area contributed by atoms with Gasteiger partial charge in [0.25, 0.3) is 0 Å². The fourth-order valence-corrected chi connectivity index (χ4v) is 4.14. The summed E-state index contributed by atoms with van der Waals surface area (Å²) < 4.78 is 28.1. The number of rotatable bonds is 8. The zero-order chi connectivity index (χ0) is 18.9. The van der Waals surface area contributed by atoms with Gasteiger partial charge in [0.2, 0.25) is 0 Å². The van der Waals surface area contributed by atoms with Crippen LogP contribution < -0.4 is 5.32 Å². The van der Waals surface area contributed by atoms with Gasteiger partial charge in [0, 0.05) is 32.6 Å². The lowest BCUT2D eigenvalue weighted by Gasteiger charge is -2.39. The predicted molar refractivity (Wildman–Crippen MR) is 116 cm³/mol. The van der Waals surface area contributed by atoms with Crippen LogP contribution in [0, 0.1) is 0 Å². The standard InChI is InChI=1S/C17H33N3O4S.HI/c1-5-18-16(19-11-9-7-6-8-10-15(21)24-4)20-12-13-25(22,23)17(2,3)14-20;/h5-14H2,1-4H3,(H,18,19);1H. The minimum absolute atomic E-state index is 0. The van der Waals surface area contributed by atoms with Gasteiger partial charge in [-0.25, -0.2) is 8.42 Å². The number of nitrogens with zero attached hydrogens (tertiary/aromatic N) is 2. The fourth-order valence-electron chi connectivity index (χ4n) is 2.77. The first-order chi connectivity index (χ1) is 11.7. The molecule has 0 aliphatic carbocycles. The Kier molecular flexibility index (Phi) is 11.7. The number of hydrogen-bond acceptors (Lipinski definition) is 5. The summed E-state index contributed by atoms with van der Waals surface area (Å²) in [6, 6.07) is 0. The van der Waals surface area contributed by atoms with E-state index < -0.39 is 14.6 Å². The average Bonchev–Trinajstić information content (AvgIpc) is 2.55. The maximum atomic E-state index is 12.1. The zero-order valence-corrected chi connectivity index (χ0v) is 19.6. The first kappa shape index (κ1) is 25.4. The second-order valence-electron chi connectivity index (χ2n) is 6.98. The maximum Gasteiger partial charge on any atom is 0.305 e. The second-order valence-corrected chi connectivity index (χ2v) is 9.72. The van der Waals surface area contributed by atoms with E-state index in [1.807, 2.05) is 11.8 Å². The average molecular weight is 503 g/mol. The number of esters is 1. The van der Waals surface area contributed by atoms with E-state index in [9.17, 15) is 13.2 Å². The van der Waals surface area contributed by atoms with Crippen LogP contribution in [0.2, 0.25) is 0 Å². The minimum Gasteiger partial charge on any atom is -0.469 e. The third-order valence-corrected chi connectivity index (χ3v) is 6.99. The van der Waals surface area contributed by atoms with Gasteiger partial charge in [0.1, 0.15) is 0 Å². The summed E-state index contributed by atoms with van der Waals surface area (Å²) in [5.41, 5.74) is 0. The molecule has 0 aromatic carbocycles. The lowest BCUT2D eigenvalue weighted by molar-refractivity contribution is -0.140. The van der Waals surface area contributed by atoms with Crippen LogP contribution in [0.5, 0.6) is 0 Å². The molecule has 26 heavy (non-hydrogen) atoms. The lowest BCUT2D eigenvalue weighted by Crippen LogP contribution is -2.57. The summed E-state index contributed by atoms with van der Waals surface area (Å²) in [6.45, 7) is 7.95. The van der Waals surface area contributed by atoms with Gasteiger partial charge in [0.05, 0.1) is 17.6 Å². The van der Waals surface area contributed by atoms with Crippen molar-refractivity contribution >= 4 is 45.7 Å². The van der Waals surface area contributed by atoms with Crippen molar-refractivity contribution in [3.8, 4) is 0 Å². The van der Waals surface area contributed by atoms with Gasteiger partial charge in [-0.05, 0) is 33.6 Å². The number of sulfone groups is 1. The van der Waals surface area contributed by atoms with Crippen LogP contribution in [0.15, 0.2) is 4.99 Å². The molecule has 0 spiro atoms. The third-order valence-electron chi connectivity index (χ3n) is 4.46. The molecule has 0 aromatic rings. The van der Waals surface area contributed by atoms with Crippen LogP contribution in [-0.4, -0.2) is 69.0 Å². The van der Waals surface area contributed by atoms with Gasteiger partial charge in [-0.3, -0.25) is 9.79 Å². The van der Waals surface area contributed by atoms with E-state index in [0.717, 1.165) is 38.2 Å². The predicted octanol–water partition coefficient (Wildman–Crippen LogP) is 2.20. The van der Waals surface area contributed by atoms with E-state index in [-0.39, 0.29) is 35.7 Å². The van der Waals surface area contributed by atoms with Gasteiger partial charge < -0.3 is 15.0 Å². The molecule has 0 radical (unpaired) electrons. The molecule has 1 rings (SSSR count). The van der Waals surface area contributed by atoms with Gasteiger partial charge in [-0.2, -0.15) is 0 Å². The number of carbonyl (C=O) groups excluding carboxylic acids is 1. The Bertz CT molecular complexity index is 564. The topological polar surface area (TPSA) is 88.1 Å². The van der Waals surface area contributed by atoms with Crippen LogP contribution in [-0.2, 0) is 19.4 Å². The van der Waals surface area contributed by atoms with Crippen molar-refractivity contribution in [1.29, 1.82) is 0 Å². The van der Waals surface area contributed by atoms with Crippen LogP contribution in [0.3, 0.4) is 0 Å². The molecule has 1 heterocycles. The Balaban J connectivity index is 0.00000625. The number of nitrogens with one attached hydrogen (secondary N) is 1. The van der Waals surface area contributed by atoms with Crippen LogP contribution >= 0.6 is 24.0 Å².